The van der Waals surface area contributed by atoms with Gasteiger partial charge in [0.05, 0.1) is 0 Å². The van der Waals surface area contributed by atoms with Crippen LogP contribution in [0.15, 0.2) is 36.5 Å². The van der Waals surface area contributed by atoms with Crippen LogP contribution < -0.4 is 10.5 Å². The highest BCUT2D eigenvalue weighted by Crippen LogP contribution is 2.27. The van der Waals surface area contributed by atoms with Crippen molar-refractivity contribution in [3.63, 3.8) is 0 Å². The van der Waals surface area contributed by atoms with E-state index in [0.717, 1.165) is 5.56 Å². The topological polar surface area (TPSA) is 48.1 Å². The Kier molecular flexibility index (Phi) is 3.58. The van der Waals surface area contributed by atoms with E-state index in [0.29, 0.717) is 17.2 Å². The van der Waals surface area contributed by atoms with E-state index in [9.17, 15) is 4.39 Å². The fraction of sp³-hybridized carbons (Fsp3) is 0.214. The van der Waals surface area contributed by atoms with Gasteiger partial charge in [-0.15, -0.1) is 0 Å². The smallest absolute Gasteiger partial charge is 0.223 e. The number of hydrogen-bond acceptors (Lipinski definition) is 3. The van der Waals surface area contributed by atoms with E-state index < -0.39 is 0 Å². The van der Waals surface area contributed by atoms with E-state index in [-0.39, 0.29) is 11.9 Å². The summed E-state index contributed by atoms with van der Waals surface area (Å²) in [7, 11) is 0. The predicted octanol–water partition coefficient (Wildman–Crippen LogP) is 3.34. The quantitative estimate of drug-likeness (QED) is 0.903. The van der Waals surface area contributed by atoms with Crippen LogP contribution in [-0.2, 0) is 0 Å². The SMILES string of the molecule is Cc1cc(Oc2ncccc2C(C)N)ccc1F. The first-order valence-electron chi connectivity index (χ1n) is 5.72. The summed E-state index contributed by atoms with van der Waals surface area (Å²) in [5.41, 5.74) is 7.19. The third kappa shape index (κ3) is 2.65. The van der Waals surface area contributed by atoms with Crippen LogP contribution >= 0.6 is 0 Å². The number of aromatic nitrogens is 1. The average Bonchev–Trinajstić information content (AvgIpc) is 2.34. The Bertz CT molecular complexity index is 555. The molecule has 1 unspecified atom stereocenters. The maximum absolute atomic E-state index is 13.2. The van der Waals surface area contributed by atoms with Crippen molar-refractivity contribution in [1.82, 2.24) is 4.98 Å². The summed E-state index contributed by atoms with van der Waals surface area (Å²) in [4.78, 5) is 4.15. The highest BCUT2D eigenvalue weighted by atomic mass is 19.1. The molecule has 2 aromatic rings. The summed E-state index contributed by atoms with van der Waals surface area (Å²) >= 11 is 0. The first-order chi connectivity index (χ1) is 8.58. The molecule has 0 amide bonds. The van der Waals surface area contributed by atoms with Gasteiger partial charge in [0, 0.05) is 17.8 Å². The normalized spacial score (nSPS) is 12.2. The molecular formula is C14H15FN2O. The fourth-order valence-corrected chi connectivity index (χ4v) is 1.63. The number of pyridine rings is 1. The first-order valence-corrected chi connectivity index (χ1v) is 5.72. The molecule has 1 atom stereocenters. The van der Waals surface area contributed by atoms with Gasteiger partial charge in [-0.2, -0.15) is 0 Å². The highest BCUT2D eigenvalue weighted by molar-refractivity contribution is 5.35. The van der Waals surface area contributed by atoms with E-state index in [1.54, 1.807) is 25.3 Å². The van der Waals surface area contributed by atoms with Gasteiger partial charge in [0.25, 0.3) is 0 Å². The van der Waals surface area contributed by atoms with Crippen LogP contribution in [0.4, 0.5) is 4.39 Å². The van der Waals surface area contributed by atoms with E-state index in [1.165, 1.54) is 6.07 Å². The Morgan fingerprint density at radius 1 is 1.33 bits per heavy atom. The molecule has 1 aromatic carbocycles. The molecule has 0 aliphatic heterocycles. The van der Waals surface area contributed by atoms with Crippen LogP contribution in [0.5, 0.6) is 11.6 Å². The average molecular weight is 246 g/mol. The standard InChI is InChI=1S/C14H15FN2O/c1-9-8-11(5-6-13(9)15)18-14-12(10(2)16)4-3-7-17-14/h3-8,10H,16H2,1-2H3. The Balaban J connectivity index is 2.31. The number of benzene rings is 1. The van der Waals surface area contributed by atoms with Gasteiger partial charge in [-0.3, -0.25) is 0 Å². The van der Waals surface area contributed by atoms with Crippen molar-refractivity contribution >= 4 is 0 Å². The molecule has 1 heterocycles. The van der Waals surface area contributed by atoms with Gasteiger partial charge in [0.15, 0.2) is 0 Å². The number of rotatable bonds is 3. The third-order valence-electron chi connectivity index (χ3n) is 2.64. The number of halogens is 1. The molecule has 1 aromatic heterocycles. The number of aryl methyl sites for hydroxylation is 1. The minimum Gasteiger partial charge on any atom is -0.439 e. The zero-order valence-corrected chi connectivity index (χ0v) is 10.4. The molecule has 94 valence electrons. The van der Waals surface area contributed by atoms with Crippen LogP contribution in [-0.4, -0.2) is 4.98 Å². The van der Waals surface area contributed by atoms with Crippen LogP contribution in [0.1, 0.15) is 24.1 Å². The van der Waals surface area contributed by atoms with Crippen LogP contribution in [0, 0.1) is 12.7 Å². The molecule has 0 saturated carbocycles. The fourth-order valence-electron chi connectivity index (χ4n) is 1.63. The Hall–Kier alpha value is -1.94. The number of nitrogens with two attached hydrogens (primary N) is 1. The molecule has 0 spiro atoms. The van der Waals surface area contributed by atoms with Crippen LogP contribution in [0.25, 0.3) is 0 Å². The van der Waals surface area contributed by atoms with Crippen molar-refractivity contribution in [2.75, 3.05) is 0 Å². The monoisotopic (exact) mass is 246 g/mol. The summed E-state index contributed by atoms with van der Waals surface area (Å²) in [6.07, 6.45) is 1.64. The van der Waals surface area contributed by atoms with Crippen molar-refractivity contribution in [3.05, 3.63) is 53.5 Å². The molecule has 0 fully saturated rings. The van der Waals surface area contributed by atoms with E-state index in [1.807, 2.05) is 19.1 Å². The second-order valence-electron chi connectivity index (χ2n) is 4.20. The zero-order chi connectivity index (χ0) is 13.1. The second kappa shape index (κ2) is 5.14. The molecule has 0 aliphatic carbocycles. The van der Waals surface area contributed by atoms with Crippen molar-refractivity contribution in [1.29, 1.82) is 0 Å². The van der Waals surface area contributed by atoms with Gasteiger partial charge in [0.2, 0.25) is 5.88 Å². The molecule has 0 saturated heterocycles. The van der Waals surface area contributed by atoms with Crippen LogP contribution in [0.2, 0.25) is 0 Å². The summed E-state index contributed by atoms with van der Waals surface area (Å²) in [5, 5.41) is 0. The molecule has 2 N–H and O–H groups in total. The van der Waals surface area contributed by atoms with E-state index in [2.05, 4.69) is 4.98 Å². The number of ether oxygens (including phenoxy) is 1. The maximum atomic E-state index is 13.2. The molecule has 18 heavy (non-hydrogen) atoms. The molecular weight excluding hydrogens is 231 g/mol. The summed E-state index contributed by atoms with van der Waals surface area (Å²) in [6, 6.07) is 8.08. The van der Waals surface area contributed by atoms with Gasteiger partial charge in [-0.1, -0.05) is 6.07 Å². The third-order valence-corrected chi connectivity index (χ3v) is 2.64. The minimum absolute atomic E-state index is 0.171. The summed E-state index contributed by atoms with van der Waals surface area (Å²) in [5.74, 6) is 0.754. The largest absolute Gasteiger partial charge is 0.439 e. The molecule has 4 heteroatoms. The lowest BCUT2D eigenvalue weighted by Crippen LogP contribution is -2.07. The molecule has 0 aliphatic rings. The maximum Gasteiger partial charge on any atom is 0.223 e. The lowest BCUT2D eigenvalue weighted by Gasteiger charge is -2.12. The van der Waals surface area contributed by atoms with Crippen molar-refractivity contribution in [2.45, 2.75) is 19.9 Å². The molecule has 2 rings (SSSR count). The van der Waals surface area contributed by atoms with Gasteiger partial charge in [-0.25, -0.2) is 9.37 Å². The Morgan fingerprint density at radius 3 is 2.78 bits per heavy atom. The number of nitrogens with zero attached hydrogens (tertiary/aromatic N) is 1. The van der Waals surface area contributed by atoms with Gasteiger partial charge in [0.1, 0.15) is 11.6 Å². The van der Waals surface area contributed by atoms with Crippen molar-refractivity contribution in [3.8, 4) is 11.6 Å². The minimum atomic E-state index is -0.254. The Morgan fingerprint density at radius 2 is 2.11 bits per heavy atom. The van der Waals surface area contributed by atoms with E-state index in [4.69, 9.17) is 10.5 Å². The molecule has 0 radical (unpaired) electrons. The van der Waals surface area contributed by atoms with Crippen molar-refractivity contribution < 1.29 is 9.13 Å². The lowest BCUT2D eigenvalue weighted by molar-refractivity contribution is 0.450. The van der Waals surface area contributed by atoms with Crippen molar-refractivity contribution in [2.24, 2.45) is 5.73 Å². The highest BCUT2D eigenvalue weighted by Gasteiger charge is 2.10. The van der Waals surface area contributed by atoms with E-state index >= 15 is 0 Å². The second-order valence-corrected chi connectivity index (χ2v) is 4.20. The first kappa shape index (κ1) is 12.5. The Labute approximate surface area is 105 Å². The summed E-state index contributed by atoms with van der Waals surface area (Å²) < 4.78 is 18.8. The molecule has 3 nitrogen and oxygen atoms in total. The van der Waals surface area contributed by atoms with Gasteiger partial charge < -0.3 is 10.5 Å². The van der Waals surface area contributed by atoms with Crippen LogP contribution in [0.3, 0.4) is 0 Å². The summed E-state index contributed by atoms with van der Waals surface area (Å²) in [6.45, 7) is 3.55. The lowest BCUT2D eigenvalue weighted by atomic mass is 10.1. The van der Waals surface area contributed by atoms with Gasteiger partial charge in [-0.05, 0) is 43.7 Å². The molecule has 0 bridgehead atoms. The predicted molar refractivity (Wildman–Crippen MR) is 68.1 cm³/mol. The van der Waals surface area contributed by atoms with Gasteiger partial charge >= 0.3 is 0 Å². The zero-order valence-electron chi connectivity index (χ0n) is 10.4. The number of hydrogen-bond donors (Lipinski definition) is 1.